The molecule has 0 spiro atoms. The fourth-order valence-electron chi connectivity index (χ4n) is 5.11. The predicted molar refractivity (Wildman–Crippen MR) is 128 cm³/mol. The normalized spacial score (nSPS) is 23.5. The van der Waals surface area contributed by atoms with Crippen LogP contribution in [0, 0.1) is 35.2 Å². The summed E-state index contributed by atoms with van der Waals surface area (Å²) in [5.41, 5.74) is -0.809. The monoisotopic (exact) mass is 580 g/mol. The summed E-state index contributed by atoms with van der Waals surface area (Å²) in [5, 5.41) is 0. The lowest BCUT2D eigenvalue weighted by Gasteiger charge is -2.39. The van der Waals surface area contributed by atoms with Crippen LogP contribution in [0.4, 0.5) is 35.1 Å². The Balaban J connectivity index is 1.38. The first-order valence-electron chi connectivity index (χ1n) is 13.0. The SMILES string of the molecule is CCCC1COC(C2CCC(C(F)(F)Oc3ccc(-c4cc(F)c(OC(F)=C(F)F)c(F)c4)c(F)c3)CC2)OC1. The molecule has 12 heteroatoms. The zero-order valence-corrected chi connectivity index (χ0v) is 21.5. The maximum atomic E-state index is 15.0. The number of rotatable bonds is 9. The molecule has 1 heterocycles. The number of hydrogen-bond acceptors (Lipinski definition) is 4. The van der Waals surface area contributed by atoms with Gasteiger partial charge in [0.05, 0.1) is 19.1 Å². The first kappa shape index (κ1) is 30.1. The highest BCUT2D eigenvalue weighted by molar-refractivity contribution is 5.66. The highest BCUT2D eigenvalue weighted by atomic mass is 19.3. The summed E-state index contributed by atoms with van der Waals surface area (Å²) in [6, 6.07) is 1.18. The Morgan fingerprint density at radius 2 is 1.52 bits per heavy atom. The lowest BCUT2D eigenvalue weighted by atomic mass is 9.80. The Bertz CT molecular complexity index is 1180. The van der Waals surface area contributed by atoms with Crippen LogP contribution in [0.2, 0.25) is 0 Å². The van der Waals surface area contributed by atoms with Crippen LogP contribution in [0.25, 0.3) is 11.1 Å². The molecule has 0 bridgehead atoms. The van der Waals surface area contributed by atoms with E-state index in [1.165, 1.54) is 0 Å². The Morgan fingerprint density at radius 1 is 0.900 bits per heavy atom. The zero-order valence-electron chi connectivity index (χ0n) is 21.5. The molecule has 4 nitrogen and oxygen atoms in total. The molecule has 1 aliphatic carbocycles. The molecule has 4 rings (SSSR count). The van der Waals surface area contributed by atoms with Gasteiger partial charge in [0, 0.05) is 23.5 Å². The molecule has 1 aliphatic heterocycles. The van der Waals surface area contributed by atoms with Gasteiger partial charge in [0.15, 0.2) is 17.9 Å². The first-order valence-corrected chi connectivity index (χ1v) is 13.0. The van der Waals surface area contributed by atoms with Gasteiger partial charge >= 0.3 is 18.2 Å². The molecule has 0 radical (unpaired) electrons. The topological polar surface area (TPSA) is 36.9 Å². The quantitative estimate of drug-likeness (QED) is 0.220. The van der Waals surface area contributed by atoms with Crippen molar-refractivity contribution in [3.05, 3.63) is 59.9 Å². The highest BCUT2D eigenvalue weighted by Crippen LogP contribution is 2.42. The third-order valence-electron chi connectivity index (χ3n) is 7.17. The average Bonchev–Trinajstić information content (AvgIpc) is 2.91. The molecule has 2 aromatic carbocycles. The van der Waals surface area contributed by atoms with E-state index in [0.717, 1.165) is 25.0 Å². The van der Waals surface area contributed by atoms with Crippen molar-refractivity contribution < 1.29 is 54.1 Å². The Labute approximate surface area is 225 Å². The second-order valence-electron chi connectivity index (χ2n) is 10.0. The van der Waals surface area contributed by atoms with E-state index >= 15 is 0 Å². The van der Waals surface area contributed by atoms with Gasteiger partial charge in [0.1, 0.15) is 11.6 Å². The van der Waals surface area contributed by atoms with Crippen molar-refractivity contribution in [2.24, 2.45) is 17.8 Å². The summed E-state index contributed by atoms with van der Waals surface area (Å²) < 4.78 is 131. The second-order valence-corrected chi connectivity index (χ2v) is 10.0. The summed E-state index contributed by atoms with van der Waals surface area (Å²) in [5.74, 6) is -7.05. The maximum absolute atomic E-state index is 15.0. The van der Waals surface area contributed by atoms with Crippen molar-refractivity contribution in [3.63, 3.8) is 0 Å². The molecule has 2 aliphatic rings. The highest BCUT2D eigenvalue weighted by Gasteiger charge is 2.45. The van der Waals surface area contributed by atoms with Crippen LogP contribution in [0.3, 0.4) is 0 Å². The van der Waals surface area contributed by atoms with Crippen LogP contribution < -0.4 is 9.47 Å². The fourth-order valence-corrected chi connectivity index (χ4v) is 5.11. The molecule has 1 saturated carbocycles. The fraction of sp³-hybridized carbons (Fsp3) is 0.500. The van der Waals surface area contributed by atoms with Gasteiger partial charge in [0.2, 0.25) is 5.75 Å². The molecule has 0 amide bonds. The van der Waals surface area contributed by atoms with E-state index in [0.29, 0.717) is 50.2 Å². The Morgan fingerprint density at radius 3 is 2.08 bits per heavy atom. The van der Waals surface area contributed by atoms with Crippen LogP contribution in [0.1, 0.15) is 45.4 Å². The van der Waals surface area contributed by atoms with Gasteiger partial charge in [-0.25, -0.2) is 13.2 Å². The minimum Gasteiger partial charge on any atom is -0.432 e. The van der Waals surface area contributed by atoms with Crippen LogP contribution in [-0.2, 0) is 9.47 Å². The van der Waals surface area contributed by atoms with Crippen LogP contribution >= 0.6 is 0 Å². The largest absolute Gasteiger partial charge is 0.432 e. The molecule has 2 fully saturated rings. The van der Waals surface area contributed by atoms with Crippen molar-refractivity contribution in [3.8, 4) is 22.6 Å². The standard InChI is InChI=1S/C28H28F8O4/c1-2-3-15-13-37-27(38-14-15)16-4-6-18(7-5-16)28(35,36)40-19-8-9-20(21(29)12-19)17-10-22(30)24(23(31)11-17)39-26(34)25(32)33/h8-12,15-16,18,27H,2-7,13-14H2,1H3. The molecule has 40 heavy (non-hydrogen) atoms. The summed E-state index contributed by atoms with van der Waals surface area (Å²) >= 11 is 0. The van der Waals surface area contributed by atoms with E-state index in [-0.39, 0.29) is 18.8 Å². The van der Waals surface area contributed by atoms with Crippen molar-refractivity contribution >= 4 is 0 Å². The zero-order chi connectivity index (χ0) is 29.0. The number of hydrogen-bond donors (Lipinski definition) is 0. The van der Waals surface area contributed by atoms with Gasteiger partial charge in [-0.15, -0.1) is 0 Å². The van der Waals surface area contributed by atoms with Gasteiger partial charge in [-0.3, -0.25) is 0 Å². The summed E-state index contributed by atoms with van der Waals surface area (Å²) in [7, 11) is 0. The van der Waals surface area contributed by atoms with Gasteiger partial charge in [-0.05, 0) is 61.9 Å². The second kappa shape index (κ2) is 12.8. The Kier molecular flexibility index (Phi) is 9.60. The molecular weight excluding hydrogens is 552 g/mol. The number of benzene rings is 2. The van der Waals surface area contributed by atoms with Crippen molar-refractivity contribution in [1.82, 2.24) is 0 Å². The van der Waals surface area contributed by atoms with Crippen LogP contribution in [0.5, 0.6) is 11.5 Å². The third-order valence-corrected chi connectivity index (χ3v) is 7.17. The number of ether oxygens (including phenoxy) is 4. The van der Waals surface area contributed by atoms with E-state index in [4.69, 9.17) is 14.2 Å². The molecule has 0 aromatic heterocycles. The summed E-state index contributed by atoms with van der Waals surface area (Å²) in [6.07, 6.45) is -3.72. The lowest BCUT2D eigenvalue weighted by molar-refractivity contribution is -0.247. The van der Waals surface area contributed by atoms with Crippen molar-refractivity contribution in [1.29, 1.82) is 0 Å². The van der Waals surface area contributed by atoms with E-state index in [1.54, 1.807) is 0 Å². The third kappa shape index (κ3) is 7.06. The predicted octanol–water partition coefficient (Wildman–Crippen LogP) is 8.75. The van der Waals surface area contributed by atoms with Gasteiger partial charge in [-0.1, -0.05) is 13.3 Å². The maximum Gasteiger partial charge on any atom is 0.400 e. The first-order chi connectivity index (χ1) is 19.0. The number of halogens is 8. The smallest absolute Gasteiger partial charge is 0.400 e. The van der Waals surface area contributed by atoms with Gasteiger partial charge in [0.25, 0.3) is 0 Å². The molecule has 220 valence electrons. The van der Waals surface area contributed by atoms with Crippen LogP contribution in [-0.4, -0.2) is 25.6 Å². The minimum atomic E-state index is -3.61. The van der Waals surface area contributed by atoms with Crippen molar-refractivity contribution in [2.45, 2.75) is 57.8 Å². The minimum absolute atomic E-state index is 0.00700. The average molecular weight is 581 g/mol. The molecule has 2 aromatic rings. The summed E-state index contributed by atoms with van der Waals surface area (Å²) in [4.78, 5) is 0. The summed E-state index contributed by atoms with van der Waals surface area (Å²) in [6.45, 7) is 3.26. The number of alkyl halides is 2. The molecule has 0 atom stereocenters. The lowest BCUT2D eigenvalue weighted by Crippen LogP contribution is -2.42. The van der Waals surface area contributed by atoms with Gasteiger partial charge in [-0.2, -0.15) is 22.0 Å². The molecule has 0 N–H and O–H groups in total. The van der Waals surface area contributed by atoms with E-state index < -0.39 is 70.5 Å². The van der Waals surface area contributed by atoms with Crippen LogP contribution in [0.15, 0.2) is 42.4 Å². The van der Waals surface area contributed by atoms with E-state index in [9.17, 15) is 35.1 Å². The van der Waals surface area contributed by atoms with Gasteiger partial charge < -0.3 is 18.9 Å². The molecule has 1 saturated heterocycles. The molecular formula is C28H28F8O4. The van der Waals surface area contributed by atoms with E-state index in [2.05, 4.69) is 11.7 Å². The molecule has 0 unspecified atom stereocenters. The van der Waals surface area contributed by atoms with Crippen molar-refractivity contribution in [2.75, 3.05) is 13.2 Å². The Hall–Kier alpha value is -2.86. The van der Waals surface area contributed by atoms with E-state index in [1.807, 2.05) is 0 Å².